The van der Waals surface area contributed by atoms with Gasteiger partial charge in [-0.25, -0.2) is 9.97 Å². The third kappa shape index (κ3) is 2.75. The lowest BCUT2D eigenvalue weighted by Gasteiger charge is -2.37. The Morgan fingerprint density at radius 1 is 0.885 bits per heavy atom. The maximum Gasteiger partial charge on any atom is 0.141 e. The Labute approximate surface area is 158 Å². The molecule has 0 bridgehead atoms. The number of hydrogen-bond acceptors (Lipinski definition) is 5. The number of aromatic nitrogens is 2. The highest BCUT2D eigenvalue weighted by atomic mass is 32.1. The van der Waals surface area contributed by atoms with Crippen molar-refractivity contribution in [1.82, 2.24) is 9.97 Å². The summed E-state index contributed by atoms with van der Waals surface area (Å²) < 4.78 is 0. The van der Waals surface area contributed by atoms with E-state index in [9.17, 15) is 0 Å². The van der Waals surface area contributed by atoms with E-state index in [0.717, 1.165) is 32.0 Å². The van der Waals surface area contributed by atoms with Crippen molar-refractivity contribution in [3.05, 3.63) is 46.6 Å². The minimum Gasteiger partial charge on any atom is -0.368 e. The highest BCUT2D eigenvalue weighted by Crippen LogP contribution is 2.40. The second kappa shape index (κ2) is 6.54. The van der Waals surface area contributed by atoms with E-state index in [-0.39, 0.29) is 0 Å². The fraction of sp³-hybridized carbons (Fsp3) is 0.429. The van der Waals surface area contributed by atoms with Gasteiger partial charge in [-0.05, 0) is 50.3 Å². The molecular weight excluding hydrogens is 340 g/mol. The van der Waals surface area contributed by atoms with Crippen molar-refractivity contribution in [2.45, 2.75) is 32.6 Å². The zero-order valence-electron chi connectivity index (χ0n) is 15.2. The van der Waals surface area contributed by atoms with Crippen LogP contribution in [0.4, 0.5) is 11.5 Å². The maximum atomic E-state index is 4.91. The van der Waals surface area contributed by atoms with Crippen molar-refractivity contribution >= 4 is 33.1 Å². The first-order valence-corrected chi connectivity index (χ1v) is 10.4. The van der Waals surface area contributed by atoms with Crippen molar-refractivity contribution in [3.8, 4) is 0 Å². The Bertz CT molecular complexity index is 926. The summed E-state index contributed by atoms with van der Waals surface area (Å²) in [5, 5.41) is 1.35. The molecule has 1 saturated heterocycles. The molecule has 3 heterocycles. The topological polar surface area (TPSA) is 32.3 Å². The van der Waals surface area contributed by atoms with Crippen LogP contribution in [-0.4, -0.2) is 36.1 Å². The average molecular weight is 365 g/mol. The van der Waals surface area contributed by atoms with Crippen LogP contribution in [0.25, 0.3) is 10.2 Å². The lowest BCUT2D eigenvalue weighted by molar-refractivity contribution is 0.647. The zero-order valence-corrected chi connectivity index (χ0v) is 16.1. The van der Waals surface area contributed by atoms with Gasteiger partial charge in [-0.1, -0.05) is 18.2 Å². The van der Waals surface area contributed by atoms with Crippen LogP contribution in [-0.2, 0) is 12.8 Å². The average Bonchev–Trinajstić information content (AvgIpc) is 3.06. The van der Waals surface area contributed by atoms with E-state index in [0.29, 0.717) is 0 Å². The summed E-state index contributed by atoms with van der Waals surface area (Å²) in [7, 11) is 0. The predicted octanol–water partition coefficient (Wildman–Crippen LogP) is 4.21. The third-order valence-electron chi connectivity index (χ3n) is 5.61. The fourth-order valence-electron chi connectivity index (χ4n) is 4.29. The van der Waals surface area contributed by atoms with Crippen molar-refractivity contribution in [2.75, 3.05) is 36.0 Å². The molecule has 1 fully saturated rings. The van der Waals surface area contributed by atoms with Crippen molar-refractivity contribution < 1.29 is 0 Å². The van der Waals surface area contributed by atoms with E-state index < -0.39 is 0 Å². The third-order valence-corrected chi connectivity index (χ3v) is 6.79. The molecule has 0 saturated carbocycles. The van der Waals surface area contributed by atoms with Crippen LogP contribution in [0.5, 0.6) is 0 Å². The smallest absolute Gasteiger partial charge is 0.141 e. The number of para-hydroxylation sites is 1. The Morgan fingerprint density at radius 3 is 2.42 bits per heavy atom. The van der Waals surface area contributed by atoms with Crippen molar-refractivity contribution in [2.24, 2.45) is 0 Å². The minimum atomic E-state index is 0.900. The number of benzene rings is 1. The molecule has 5 rings (SSSR count). The van der Waals surface area contributed by atoms with E-state index in [2.05, 4.69) is 40.1 Å². The summed E-state index contributed by atoms with van der Waals surface area (Å²) in [5.74, 6) is 2.08. The lowest BCUT2D eigenvalue weighted by Crippen LogP contribution is -2.47. The molecule has 5 heteroatoms. The highest BCUT2D eigenvalue weighted by Gasteiger charge is 2.25. The minimum absolute atomic E-state index is 0.900. The van der Waals surface area contributed by atoms with Gasteiger partial charge >= 0.3 is 0 Å². The molecule has 26 heavy (non-hydrogen) atoms. The first kappa shape index (κ1) is 16.1. The largest absolute Gasteiger partial charge is 0.368 e. The molecule has 1 aliphatic carbocycles. The molecule has 1 aromatic carbocycles. The molecule has 0 radical (unpaired) electrons. The monoisotopic (exact) mass is 364 g/mol. The molecule has 134 valence electrons. The standard InChI is InChI=1S/C21H24N4S/c1-15-22-20(19-17-9-5-6-10-18(17)26-21(19)23-15)25-13-11-24(12-14-25)16-7-3-2-4-8-16/h2-4,7-8H,5-6,9-14H2,1H3. The van der Waals surface area contributed by atoms with E-state index >= 15 is 0 Å². The summed E-state index contributed by atoms with van der Waals surface area (Å²) in [4.78, 5) is 17.4. The Balaban J connectivity index is 1.47. The molecule has 0 N–H and O–H groups in total. The number of hydrogen-bond donors (Lipinski definition) is 0. The molecule has 2 aliphatic rings. The van der Waals surface area contributed by atoms with Crippen LogP contribution in [0.1, 0.15) is 29.1 Å². The molecular formula is C21H24N4S. The number of thiophene rings is 1. The van der Waals surface area contributed by atoms with E-state index in [1.807, 2.05) is 18.3 Å². The molecule has 3 aromatic rings. The van der Waals surface area contributed by atoms with Crippen LogP contribution in [0.3, 0.4) is 0 Å². The number of aryl methyl sites for hydroxylation is 3. The van der Waals surface area contributed by atoms with Gasteiger partial charge in [0.05, 0.1) is 5.39 Å². The van der Waals surface area contributed by atoms with Gasteiger partial charge in [-0.3, -0.25) is 0 Å². The first-order chi connectivity index (χ1) is 12.8. The van der Waals surface area contributed by atoms with E-state index in [4.69, 9.17) is 9.97 Å². The molecule has 0 spiro atoms. The second-order valence-corrected chi connectivity index (χ2v) is 8.38. The SMILES string of the molecule is Cc1nc(N2CCN(c3ccccc3)CC2)c2c3c(sc2n1)CCCC3. The van der Waals surface area contributed by atoms with Gasteiger partial charge in [0.2, 0.25) is 0 Å². The Morgan fingerprint density at radius 2 is 1.62 bits per heavy atom. The van der Waals surface area contributed by atoms with Crippen LogP contribution < -0.4 is 9.80 Å². The lowest BCUT2D eigenvalue weighted by atomic mass is 9.97. The number of nitrogens with zero attached hydrogens (tertiary/aromatic N) is 4. The van der Waals surface area contributed by atoms with Crippen LogP contribution in [0.15, 0.2) is 30.3 Å². The summed E-state index contributed by atoms with van der Waals surface area (Å²) in [6, 6.07) is 10.7. The van der Waals surface area contributed by atoms with Gasteiger partial charge in [0.25, 0.3) is 0 Å². The number of fused-ring (bicyclic) bond motifs is 3. The van der Waals surface area contributed by atoms with Crippen LogP contribution >= 0.6 is 11.3 Å². The zero-order chi connectivity index (χ0) is 17.5. The summed E-state index contributed by atoms with van der Waals surface area (Å²) in [6.07, 6.45) is 5.03. The maximum absolute atomic E-state index is 4.91. The van der Waals surface area contributed by atoms with E-state index in [1.54, 1.807) is 4.88 Å². The Kier molecular flexibility index (Phi) is 4.04. The first-order valence-electron chi connectivity index (χ1n) is 9.63. The highest BCUT2D eigenvalue weighted by molar-refractivity contribution is 7.19. The predicted molar refractivity (Wildman–Crippen MR) is 110 cm³/mol. The van der Waals surface area contributed by atoms with Gasteiger partial charge in [0, 0.05) is 36.7 Å². The van der Waals surface area contributed by atoms with Gasteiger partial charge in [-0.15, -0.1) is 11.3 Å². The van der Waals surface area contributed by atoms with Gasteiger partial charge in [-0.2, -0.15) is 0 Å². The number of rotatable bonds is 2. The molecule has 2 aromatic heterocycles. The number of piperazine rings is 1. The molecule has 0 atom stereocenters. The van der Waals surface area contributed by atoms with Crippen LogP contribution in [0, 0.1) is 6.92 Å². The van der Waals surface area contributed by atoms with Gasteiger partial charge in [0.15, 0.2) is 0 Å². The van der Waals surface area contributed by atoms with Gasteiger partial charge < -0.3 is 9.80 Å². The quantitative estimate of drug-likeness (QED) is 0.682. The Hall–Kier alpha value is -2.14. The number of anilines is 2. The molecule has 4 nitrogen and oxygen atoms in total. The van der Waals surface area contributed by atoms with E-state index in [1.165, 1.54) is 53.0 Å². The van der Waals surface area contributed by atoms with Crippen molar-refractivity contribution in [1.29, 1.82) is 0 Å². The fourth-order valence-corrected chi connectivity index (χ4v) is 5.59. The molecule has 0 unspecified atom stereocenters. The molecule has 1 aliphatic heterocycles. The summed E-state index contributed by atoms with van der Waals surface area (Å²) in [5.41, 5.74) is 2.86. The summed E-state index contributed by atoms with van der Waals surface area (Å²) >= 11 is 1.90. The van der Waals surface area contributed by atoms with Crippen LogP contribution in [0.2, 0.25) is 0 Å². The molecule has 0 amide bonds. The van der Waals surface area contributed by atoms with Gasteiger partial charge in [0.1, 0.15) is 16.5 Å². The van der Waals surface area contributed by atoms with Crippen molar-refractivity contribution in [3.63, 3.8) is 0 Å². The second-order valence-electron chi connectivity index (χ2n) is 7.30. The normalized spacial score (nSPS) is 17.6. The summed E-state index contributed by atoms with van der Waals surface area (Å²) in [6.45, 7) is 6.15.